The molecule has 1 aliphatic carbocycles. The molecule has 104 valence electrons. The van der Waals surface area contributed by atoms with Crippen LogP contribution < -0.4 is 10.1 Å². The summed E-state index contributed by atoms with van der Waals surface area (Å²) < 4.78 is 5.88. The summed E-state index contributed by atoms with van der Waals surface area (Å²) in [7, 11) is 2.09. The molecule has 0 amide bonds. The summed E-state index contributed by atoms with van der Waals surface area (Å²) in [5.74, 6) is 2.84. The van der Waals surface area contributed by atoms with E-state index in [1.54, 1.807) is 0 Å². The maximum absolute atomic E-state index is 5.88. The van der Waals surface area contributed by atoms with Crippen LogP contribution in [0, 0.1) is 11.8 Å². The van der Waals surface area contributed by atoms with Crippen molar-refractivity contribution in [1.29, 1.82) is 0 Å². The lowest BCUT2D eigenvalue weighted by atomic mass is 9.77. The zero-order valence-electron chi connectivity index (χ0n) is 12.1. The van der Waals surface area contributed by atoms with E-state index >= 15 is 0 Å². The molecule has 1 aromatic carbocycles. The fourth-order valence-electron chi connectivity index (χ4n) is 3.75. The number of para-hydroxylation sites is 1. The lowest BCUT2D eigenvalue weighted by Gasteiger charge is -2.33. The van der Waals surface area contributed by atoms with E-state index in [0.29, 0.717) is 6.04 Å². The molecule has 2 nitrogen and oxygen atoms in total. The SMILES string of the molecule is CNC(c1cccc2c1OCC2)C1CCC(C)CC1. The molecule has 1 fully saturated rings. The van der Waals surface area contributed by atoms with E-state index in [9.17, 15) is 0 Å². The van der Waals surface area contributed by atoms with E-state index in [4.69, 9.17) is 4.74 Å². The Morgan fingerprint density at radius 1 is 1.21 bits per heavy atom. The summed E-state index contributed by atoms with van der Waals surface area (Å²) >= 11 is 0. The van der Waals surface area contributed by atoms with E-state index in [0.717, 1.165) is 24.9 Å². The number of rotatable bonds is 3. The van der Waals surface area contributed by atoms with Crippen molar-refractivity contribution in [2.24, 2.45) is 11.8 Å². The van der Waals surface area contributed by atoms with Gasteiger partial charge in [-0.1, -0.05) is 38.0 Å². The highest BCUT2D eigenvalue weighted by Gasteiger charge is 2.29. The zero-order chi connectivity index (χ0) is 13.2. The molecule has 0 radical (unpaired) electrons. The Morgan fingerprint density at radius 2 is 2.00 bits per heavy atom. The molecular formula is C17H25NO. The first-order chi connectivity index (χ1) is 9.29. The molecule has 1 heterocycles. The maximum Gasteiger partial charge on any atom is 0.127 e. The third-order valence-electron chi connectivity index (χ3n) is 4.92. The molecule has 0 saturated heterocycles. The molecule has 1 saturated carbocycles. The highest BCUT2D eigenvalue weighted by Crippen LogP contribution is 2.41. The molecule has 2 heteroatoms. The second-order valence-electron chi connectivity index (χ2n) is 6.22. The summed E-state index contributed by atoms with van der Waals surface area (Å²) in [6.07, 6.45) is 6.51. The number of ether oxygens (including phenoxy) is 1. The Hall–Kier alpha value is -1.02. The highest BCUT2D eigenvalue weighted by atomic mass is 16.5. The summed E-state index contributed by atoms with van der Waals surface area (Å²) in [6.45, 7) is 3.23. The molecule has 1 aliphatic heterocycles. The minimum atomic E-state index is 0.459. The van der Waals surface area contributed by atoms with E-state index in [-0.39, 0.29) is 0 Å². The Labute approximate surface area is 116 Å². The van der Waals surface area contributed by atoms with Crippen LogP contribution in [0.25, 0.3) is 0 Å². The molecule has 0 bridgehead atoms. The van der Waals surface area contributed by atoms with Gasteiger partial charge in [-0.2, -0.15) is 0 Å². The smallest absolute Gasteiger partial charge is 0.127 e. The van der Waals surface area contributed by atoms with Gasteiger partial charge in [-0.05, 0) is 37.3 Å². The van der Waals surface area contributed by atoms with Crippen LogP contribution in [0.4, 0.5) is 0 Å². The molecular weight excluding hydrogens is 234 g/mol. The first kappa shape index (κ1) is 13.0. The Balaban J connectivity index is 1.84. The highest BCUT2D eigenvalue weighted by molar-refractivity contribution is 5.45. The topological polar surface area (TPSA) is 21.3 Å². The van der Waals surface area contributed by atoms with Crippen LogP contribution >= 0.6 is 0 Å². The molecule has 19 heavy (non-hydrogen) atoms. The minimum absolute atomic E-state index is 0.459. The molecule has 1 aromatic rings. The van der Waals surface area contributed by atoms with Gasteiger partial charge in [0.05, 0.1) is 6.61 Å². The fraction of sp³-hybridized carbons (Fsp3) is 0.647. The van der Waals surface area contributed by atoms with Crippen molar-refractivity contribution in [3.63, 3.8) is 0 Å². The van der Waals surface area contributed by atoms with Crippen LogP contribution in [0.1, 0.15) is 49.8 Å². The van der Waals surface area contributed by atoms with Crippen molar-refractivity contribution in [3.05, 3.63) is 29.3 Å². The van der Waals surface area contributed by atoms with E-state index in [2.05, 4.69) is 37.5 Å². The Bertz CT molecular complexity index is 435. The molecule has 1 unspecified atom stereocenters. The van der Waals surface area contributed by atoms with Gasteiger partial charge in [0, 0.05) is 18.0 Å². The van der Waals surface area contributed by atoms with Crippen LogP contribution in [-0.4, -0.2) is 13.7 Å². The Kier molecular flexibility index (Phi) is 3.79. The summed E-state index contributed by atoms with van der Waals surface area (Å²) in [4.78, 5) is 0. The van der Waals surface area contributed by atoms with Crippen LogP contribution in [0.5, 0.6) is 5.75 Å². The number of hydrogen-bond donors (Lipinski definition) is 1. The third kappa shape index (κ3) is 2.51. The van der Waals surface area contributed by atoms with Gasteiger partial charge >= 0.3 is 0 Å². The number of benzene rings is 1. The first-order valence-electron chi connectivity index (χ1n) is 7.71. The maximum atomic E-state index is 5.88. The van der Waals surface area contributed by atoms with Gasteiger partial charge in [-0.25, -0.2) is 0 Å². The van der Waals surface area contributed by atoms with Gasteiger partial charge in [-0.3, -0.25) is 0 Å². The van der Waals surface area contributed by atoms with E-state index < -0.39 is 0 Å². The average Bonchev–Trinajstić information content (AvgIpc) is 2.91. The van der Waals surface area contributed by atoms with Gasteiger partial charge in [0.2, 0.25) is 0 Å². The predicted molar refractivity (Wildman–Crippen MR) is 78.6 cm³/mol. The van der Waals surface area contributed by atoms with Gasteiger partial charge in [-0.15, -0.1) is 0 Å². The van der Waals surface area contributed by atoms with Crippen molar-refractivity contribution < 1.29 is 4.74 Å². The summed E-state index contributed by atoms with van der Waals surface area (Å²) in [5, 5.41) is 3.55. The van der Waals surface area contributed by atoms with Gasteiger partial charge in [0.25, 0.3) is 0 Å². The predicted octanol–water partition coefficient (Wildman–Crippen LogP) is 3.71. The molecule has 2 aliphatic rings. The fourth-order valence-corrected chi connectivity index (χ4v) is 3.75. The van der Waals surface area contributed by atoms with Crippen LogP contribution in [0.2, 0.25) is 0 Å². The average molecular weight is 259 g/mol. The number of hydrogen-bond acceptors (Lipinski definition) is 2. The monoisotopic (exact) mass is 259 g/mol. The first-order valence-corrected chi connectivity index (χ1v) is 7.71. The molecule has 1 atom stereocenters. The van der Waals surface area contributed by atoms with Crippen molar-refractivity contribution in [2.75, 3.05) is 13.7 Å². The zero-order valence-corrected chi connectivity index (χ0v) is 12.1. The second kappa shape index (κ2) is 5.54. The van der Waals surface area contributed by atoms with E-state index in [1.165, 1.54) is 42.6 Å². The van der Waals surface area contributed by atoms with Gasteiger partial charge < -0.3 is 10.1 Å². The van der Waals surface area contributed by atoms with Gasteiger partial charge in [0.1, 0.15) is 5.75 Å². The van der Waals surface area contributed by atoms with Crippen molar-refractivity contribution in [2.45, 2.75) is 45.1 Å². The number of fused-ring (bicyclic) bond motifs is 1. The van der Waals surface area contributed by atoms with E-state index in [1.807, 2.05) is 0 Å². The lowest BCUT2D eigenvalue weighted by molar-refractivity contribution is 0.234. The second-order valence-corrected chi connectivity index (χ2v) is 6.22. The Morgan fingerprint density at radius 3 is 2.74 bits per heavy atom. The molecule has 1 N–H and O–H groups in total. The van der Waals surface area contributed by atoms with Crippen molar-refractivity contribution >= 4 is 0 Å². The molecule has 3 rings (SSSR count). The third-order valence-corrected chi connectivity index (χ3v) is 4.92. The van der Waals surface area contributed by atoms with Crippen LogP contribution in [-0.2, 0) is 6.42 Å². The quantitative estimate of drug-likeness (QED) is 0.893. The molecule has 0 spiro atoms. The summed E-state index contributed by atoms with van der Waals surface area (Å²) in [6, 6.07) is 7.12. The van der Waals surface area contributed by atoms with Crippen molar-refractivity contribution in [1.82, 2.24) is 5.32 Å². The minimum Gasteiger partial charge on any atom is -0.493 e. The molecule has 0 aromatic heterocycles. The standard InChI is InChI=1S/C17H25NO/c1-12-6-8-13(9-7-12)16(18-2)15-5-3-4-14-10-11-19-17(14)15/h3-5,12-13,16,18H,6-11H2,1-2H3. The normalized spacial score (nSPS) is 27.7. The van der Waals surface area contributed by atoms with Gasteiger partial charge in [0.15, 0.2) is 0 Å². The number of nitrogens with one attached hydrogen (secondary N) is 1. The summed E-state index contributed by atoms with van der Waals surface area (Å²) in [5.41, 5.74) is 2.78. The van der Waals surface area contributed by atoms with Crippen LogP contribution in [0.15, 0.2) is 18.2 Å². The van der Waals surface area contributed by atoms with Crippen LogP contribution in [0.3, 0.4) is 0 Å². The van der Waals surface area contributed by atoms with Crippen molar-refractivity contribution in [3.8, 4) is 5.75 Å². The largest absolute Gasteiger partial charge is 0.493 e. The lowest BCUT2D eigenvalue weighted by Crippen LogP contribution is -2.28.